The molecular weight excluding hydrogens is 366 g/mol. The number of fused-ring (bicyclic) bond motifs is 1. The average Bonchev–Trinajstić information content (AvgIpc) is 3.44. The highest BCUT2D eigenvalue weighted by Crippen LogP contribution is 2.45. The van der Waals surface area contributed by atoms with Crippen molar-refractivity contribution in [2.75, 3.05) is 0 Å². The molecule has 0 fully saturated rings. The number of rotatable bonds is 3. The number of imidazole rings is 1. The summed E-state index contributed by atoms with van der Waals surface area (Å²) in [5, 5.41) is 17.1. The standard InChI is InChI=1S/C21H15N7O/c22-10-16-17(13-3-5-15(6-4-13)28-9-8-25-12-28)18-19(14-2-1-7-24-11-14)26-27-21(18)29-20(16)23/h1-9,11-12,17H,23H2,(H,26,27). The molecule has 1 unspecified atom stereocenters. The molecule has 1 atom stereocenters. The van der Waals surface area contributed by atoms with E-state index in [1.54, 1.807) is 24.9 Å². The largest absolute Gasteiger partial charge is 0.422 e. The zero-order chi connectivity index (χ0) is 19.8. The van der Waals surface area contributed by atoms with Gasteiger partial charge in [-0.2, -0.15) is 10.4 Å². The van der Waals surface area contributed by atoms with E-state index in [1.165, 1.54) is 0 Å². The van der Waals surface area contributed by atoms with E-state index < -0.39 is 5.92 Å². The maximum atomic E-state index is 9.80. The van der Waals surface area contributed by atoms with Gasteiger partial charge in [0.25, 0.3) is 0 Å². The van der Waals surface area contributed by atoms with Crippen LogP contribution in [0.25, 0.3) is 16.9 Å². The van der Waals surface area contributed by atoms with Crippen LogP contribution in [0, 0.1) is 11.3 Å². The van der Waals surface area contributed by atoms with Gasteiger partial charge >= 0.3 is 0 Å². The molecule has 5 rings (SSSR count). The second-order valence-electron chi connectivity index (χ2n) is 6.54. The van der Waals surface area contributed by atoms with Gasteiger partial charge in [-0.25, -0.2) is 10.1 Å². The number of nitrogens with two attached hydrogens (primary N) is 1. The third-order valence-corrected chi connectivity index (χ3v) is 4.91. The lowest BCUT2D eigenvalue weighted by atomic mass is 9.83. The number of pyridine rings is 1. The van der Waals surface area contributed by atoms with Gasteiger partial charge in [0.05, 0.1) is 17.8 Å². The van der Waals surface area contributed by atoms with Crippen LogP contribution in [0.5, 0.6) is 5.88 Å². The third-order valence-electron chi connectivity index (χ3n) is 4.91. The highest BCUT2D eigenvalue weighted by Gasteiger charge is 2.35. The first-order valence-corrected chi connectivity index (χ1v) is 8.91. The molecule has 1 aromatic carbocycles. The van der Waals surface area contributed by atoms with Crippen LogP contribution < -0.4 is 10.5 Å². The molecule has 3 aromatic heterocycles. The van der Waals surface area contributed by atoms with Crippen LogP contribution in [0.15, 0.2) is 79.0 Å². The molecular formula is C21H15N7O. The second-order valence-corrected chi connectivity index (χ2v) is 6.54. The zero-order valence-corrected chi connectivity index (χ0v) is 15.1. The van der Waals surface area contributed by atoms with E-state index in [0.29, 0.717) is 17.1 Å². The summed E-state index contributed by atoms with van der Waals surface area (Å²) in [5.41, 5.74) is 10.5. The maximum Gasteiger partial charge on any atom is 0.222 e. The van der Waals surface area contributed by atoms with Crippen molar-refractivity contribution in [3.8, 4) is 28.9 Å². The van der Waals surface area contributed by atoms with Gasteiger partial charge in [-0.1, -0.05) is 12.1 Å². The van der Waals surface area contributed by atoms with Crippen LogP contribution in [0.1, 0.15) is 17.0 Å². The van der Waals surface area contributed by atoms with Gasteiger partial charge in [0, 0.05) is 36.0 Å². The molecule has 8 heteroatoms. The van der Waals surface area contributed by atoms with Crippen LogP contribution in [0.3, 0.4) is 0 Å². The van der Waals surface area contributed by atoms with Crippen LogP contribution in [0.4, 0.5) is 0 Å². The minimum Gasteiger partial charge on any atom is -0.422 e. The molecule has 140 valence electrons. The minimum absolute atomic E-state index is 0.0741. The predicted octanol–water partition coefficient (Wildman–Crippen LogP) is 2.88. The summed E-state index contributed by atoms with van der Waals surface area (Å²) in [6, 6.07) is 13.9. The van der Waals surface area contributed by atoms with Crippen molar-refractivity contribution in [3.63, 3.8) is 0 Å². The first kappa shape index (κ1) is 16.8. The summed E-state index contributed by atoms with van der Waals surface area (Å²) in [7, 11) is 0. The van der Waals surface area contributed by atoms with Crippen molar-refractivity contribution in [2.45, 2.75) is 5.92 Å². The Labute approximate surface area is 165 Å². The minimum atomic E-state index is -0.408. The molecule has 0 aliphatic carbocycles. The highest BCUT2D eigenvalue weighted by atomic mass is 16.5. The molecule has 0 spiro atoms. The van der Waals surface area contributed by atoms with Crippen molar-refractivity contribution >= 4 is 0 Å². The van der Waals surface area contributed by atoms with Crippen molar-refractivity contribution in [1.82, 2.24) is 24.7 Å². The lowest BCUT2D eigenvalue weighted by Crippen LogP contribution is -2.21. The van der Waals surface area contributed by atoms with Crippen LogP contribution in [-0.2, 0) is 0 Å². The molecule has 8 nitrogen and oxygen atoms in total. The summed E-state index contributed by atoms with van der Waals surface area (Å²) < 4.78 is 7.57. The van der Waals surface area contributed by atoms with E-state index in [9.17, 15) is 5.26 Å². The Morgan fingerprint density at radius 2 is 2.00 bits per heavy atom. The monoisotopic (exact) mass is 381 g/mol. The number of hydrogen-bond acceptors (Lipinski definition) is 6. The summed E-state index contributed by atoms with van der Waals surface area (Å²) in [6.45, 7) is 0. The van der Waals surface area contributed by atoms with Gasteiger partial charge < -0.3 is 15.0 Å². The SMILES string of the molecule is N#CC1=C(N)Oc2[nH]nc(-c3cccnc3)c2C1c1ccc(-n2ccnc2)cc1. The fraction of sp³-hybridized carbons (Fsp3) is 0.0476. The Hall–Kier alpha value is -4.38. The molecule has 4 heterocycles. The zero-order valence-electron chi connectivity index (χ0n) is 15.1. The number of allylic oxidation sites excluding steroid dienone is 1. The van der Waals surface area contributed by atoms with E-state index in [-0.39, 0.29) is 5.88 Å². The Bertz CT molecular complexity index is 1230. The van der Waals surface area contributed by atoms with Gasteiger partial charge in [-0.15, -0.1) is 0 Å². The van der Waals surface area contributed by atoms with Gasteiger partial charge in [-0.3, -0.25) is 4.98 Å². The van der Waals surface area contributed by atoms with Crippen LogP contribution in [0.2, 0.25) is 0 Å². The number of ether oxygens (including phenoxy) is 1. The Balaban J connectivity index is 1.66. The number of nitriles is 1. The molecule has 3 N–H and O–H groups in total. The Morgan fingerprint density at radius 1 is 1.14 bits per heavy atom. The molecule has 0 bridgehead atoms. The number of aromatic nitrogens is 5. The molecule has 0 radical (unpaired) electrons. The second kappa shape index (κ2) is 6.65. The van der Waals surface area contributed by atoms with Crippen molar-refractivity contribution in [3.05, 3.63) is 90.1 Å². The smallest absolute Gasteiger partial charge is 0.222 e. The topological polar surface area (TPSA) is 118 Å². The molecule has 0 amide bonds. The maximum absolute atomic E-state index is 9.80. The summed E-state index contributed by atoms with van der Waals surface area (Å²) in [6.07, 6.45) is 8.75. The van der Waals surface area contributed by atoms with Crippen LogP contribution in [-0.4, -0.2) is 24.7 Å². The first-order chi connectivity index (χ1) is 14.3. The number of nitrogens with zero attached hydrogens (tertiary/aromatic N) is 5. The van der Waals surface area contributed by atoms with Gasteiger partial charge in [0.15, 0.2) is 0 Å². The fourth-order valence-electron chi connectivity index (χ4n) is 3.56. The molecule has 0 saturated heterocycles. The molecule has 0 saturated carbocycles. The lowest BCUT2D eigenvalue weighted by Gasteiger charge is -2.24. The van der Waals surface area contributed by atoms with Crippen LogP contribution >= 0.6 is 0 Å². The van der Waals surface area contributed by atoms with E-state index in [0.717, 1.165) is 22.4 Å². The lowest BCUT2D eigenvalue weighted by molar-refractivity contribution is 0.379. The molecule has 1 aliphatic rings. The van der Waals surface area contributed by atoms with Crippen molar-refractivity contribution < 1.29 is 4.74 Å². The van der Waals surface area contributed by atoms with E-state index in [1.807, 2.05) is 47.2 Å². The predicted molar refractivity (Wildman–Crippen MR) is 105 cm³/mol. The molecule has 29 heavy (non-hydrogen) atoms. The van der Waals surface area contributed by atoms with Gasteiger partial charge in [0.1, 0.15) is 17.3 Å². The molecule has 1 aliphatic heterocycles. The first-order valence-electron chi connectivity index (χ1n) is 8.91. The van der Waals surface area contributed by atoms with Crippen molar-refractivity contribution in [1.29, 1.82) is 5.26 Å². The van der Waals surface area contributed by atoms with Gasteiger partial charge in [0.2, 0.25) is 11.8 Å². The van der Waals surface area contributed by atoms with Gasteiger partial charge in [-0.05, 0) is 29.8 Å². The summed E-state index contributed by atoms with van der Waals surface area (Å²) >= 11 is 0. The normalized spacial score (nSPS) is 15.5. The van der Waals surface area contributed by atoms with E-state index in [4.69, 9.17) is 10.5 Å². The fourth-order valence-corrected chi connectivity index (χ4v) is 3.56. The van der Waals surface area contributed by atoms with E-state index >= 15 is 0 Å². The number of aromatic amines is 1. The summed E-state index contributed by atoms with van der Waals surface area (Å²) in [5.74, 6) is 0.101. The number of nitrogens with one attached hydrogen (secondary N) is 1. The average molecular weight is 381 g/mol. The third kappa shape index (κ3) is 2.73. The van der Waals surface area contributed by atoms with Crippen molar-refractivity contribution in [2.24, 2.45) is 5.73 Å². The highest BCUT2D eigenvalue weighted by molar-refractivity contribution is 5.70. The Morgan fingerprint density at radius 3 is 2.69 bits per heavy atom. The van der Waals surface area contributed by atoms with E-state index in [2.05, 4.69) is 26.2 Å². The molecule has 4 aromatic rings. The quantitative estimate of drug-likeness (QED) is 0.563. The number of H-pyrrole nitrogens is 1. The Kier molecular flexibility index (Phi) is 3.85. The number of benzene rings is 1. The summed E-state index contributed by atoms with van der Waals surface area (Å²) in [4.78, 5) is 8.25. The number of hydrogen-bond donors (Lipinski definition) is 2.